The third-order valence-electron chi connectivity index (χ3n) is 3.14. The van der Waals surface area contributed by atoms with Gasteiger partial charge in [0, 0.05) is 23.2 Å². The van der Waals surface area contributed by atoms with Gasteiger partial charge >= 0.3 is 0 Å². The number of fused-ring (bicyclic) bond motifs is 1. The van der Waals surface area contributed by atoms with Crippen LogP contribution in [0.5, 0.6) is 5.75 Å². The number of carbonyl (C=O) groups excluding carboxylic acids is 1. The number of hydrogen-bond donors (Lipinski definition) is 2. The van der Waals surface area contributed by atoms with Crippen molar-refractivity contribution in [2.75, 3.05) is 26.0 Å². The van der Waals surface area contributed by atoms with Gasteiger partial charge in [-0.2, -0.15) is 0 Å². The molecule has 0 radical (unpaired) electrons. The number of anilines is 1. The van der Waals surface area contributed by atoms with Gasteiger partial charge in [0.25, 0.3) is 5.91 Å². The summed E-state index contributed by atoms with van der Waals surface area (Å²) in [7, 11) is 1.61. The summed E-state index contributed by atoms with van der Waals surface area (Å²) in [5, 5.41) is 3.73. The molecular formula is C15H20N2O3S. The van der Waals surface area contributed by atoms with Crippen LogP contribution in [0.25, 0.3) is 10.1 Å². The van der Waals surface area contributed by atoms with Crippen molar-refractivity contribution in [3.63, 3.8) is 0 Å². The van der Waals surface area contributed by atoms with E-state index in [1.54, 1.807) is 7.11 Å². The van der Waals surface area contributed by atoms with Gasteiger partial charge in [0.1, 0.15) is 10.6 Å². The zero-order valence-electron chi connectivity index (χ0n) is 12.4. The Kier molecular flexibility index (Phi) is 5.03. The van der Waals surface area contributed by atoms with Crippen LogP contribution >= 0.6 is 11.3 Å². The van der Waals surface area contributed by atoms with Crippen LogP contribution in [0.1, 0.15) is 23.5 Å². The molecule has 0 aliphatic heterocycles. The summed E-state index contributed by atoms with van der Waals surface area (Å²) in [6, 6.07) is 5.60. The largest absolute Gasteiger partial charge is 0.497 e. The highest BCUT2D eigenvalue weighted by Gasteiger charge is 2.17. The molecule has 1 atom stereocenters. The van der Waals surface area contributed by atoms with Crippen LogP contribution in [0.15, 0.2) is 18.2 Å². The number of nitrogens with two attached hydrogens (primary N) is 1. The van der Waals surface area contributed by atoms with Crippen molar-refractivity contribution >= 4 is 33.0 Å². The Morgan fingerprint density at radius 1 is 1.48 bits per heavy atom. The van der Waals surface area contributed by atoms with Gasteiger partial charge in [0.15, 0.2) is 0 Å². The highest BCUT2D eigenvalue weighted by atomic mass is 32.1. The number of rotatable bonds is 6. The first kappa shape index (κ1) is 15.6. The Labute approximate surface area is 128 Å². The SMILES string of the molecule is CCOC(C)CNC(=O)c1sc2cc(OC)ccc2c1N. The lowest BCUT2D eigenvalue weighted by Gasteiger charge is -2.12. The van der Waals surface area contributed by atoms with E-state index in [0.29, 0.717) is 23.7 Å². The van der Waals surface area contributed by atoms with Gasteiger partial charge in [-0.3, -0.25) is 4.79 Å². The first-order chi connectivity index (χ1) is 10.1. The van der Waals surface area contributed by atoms with E-state index < -0.39 is 0 Å². The zero-order chi connectivity index (χ0) is 15.4. The lowest BCUT2D eigenvalue weighted by Crippen LogP contribution is -2.32. The first-order valence-electron chi connectivity index (χ1n) is 6.82. The smallest absolute Gasteiger partial charge is 0.263 e. The Morgan fingerprint density at radius 2 is 2.24 bits per heavy atom. The first-order valence-corrected chi connectivity index (χ1v) is 7.64. The molecule has 1 heterocycles. The average molecular weight is 308 g/mol. The summed E-state index contributed by atoms with van der Waals surface area (Å²) in [6.07, 6.45) is -0.0188. The van der Waals surface area contributed by atoms with Gasteiger partial charge < -0.3 is 20.5 Å². The van der Waals surface area contributed by atoms with Gasteiger partial charge in [0.2, 0.25) is 0 Å². The maximum atomic E-state index is 12.2. The predicted molar refractivity (Wildman–Crippen MR) is 86.2 cm³/mol. The Morgan fingerprint density at radius 3 is 2.90 bits per heavy atom. The van der Waals surface area contributed by atoms with Gasteiger partial charge in [-0.25, -0.2) is 0 Å². The molecule has 0 spiro atoms. The van der Waals surface area contributed by atoms with E-state index in [9.17, 15) is 4.79 Å². The number of nitrogens with one attached hydrogen (secondary N) is 1. The molecule has 6 heteroatoms. The quantitative estimate of drug-likeness (QED) is 0.860. The topological polar surface area (TPSA) is 73.6 Å². The molecule has 1 aromatic carbocycles. The summed E-state index contributed by atoms with van der Waals surface area (Å²) < 4.78 is 11.5. The summed E-state index contributed by atoms with van der Waals surface area (Å²) in [5.74, 6) is 0.583. The normalized spacial score (nSPS) is 12.3. The number of hydrogen-bond acceptors (Lipinski definition) is 5. The molecular weight excluding hydrogens is 288 g/mol. The van der Waals surface area contributed by atoms with Crippen LogP contribution in [-0.2, 0) is 4.74 Å². The highest BCUT2D eigenvalue weighted by molar-refractivity contribution is 7.21. The molecule has 1 aromatic heterocycles. The summed E-state index contributed by atoms with van der Waals surface area (Å²) in [5.41, 5.74) is 6.59. The molecule has 0 saturated heterocycles. The molecule has 0 bridgehead atoms. The van der Waals surface area contributed by atoms with E-state index in [-0.39, 0.29) is 12.0 Å². The average Bonchev–Trinajstić information content (AvgIpc) is 2.81. The van der Waals surface area contributed by atoms with E-state index in [0.717, 1.165) is 15.8 Å². The molecule has 0 saturated carbocycles. The van der Waals surface area contributed by atoms with Crippen molar-refractivity contribution in [2.24, 2.45) is 0 Å². The molecule has 5 nitrogen and oxygen atoms in total. The van der Waals surface area contributed by atoms with Crippen molar-refractivity contribution in [3.05, 3.63) is 23.1 Å². The summed E-state index contributed by atoms with van der Waals surface area (Å²) in [4.78, 5) is 12.8. The standard InChI is InChI=1S/C15H20N2O3S/c1-4-20-9(2)8-17-15(18)14-13(16)11-6-5-10(19-3)7-12(11)21-14/h5-7,9H,4,8,16H2,1-3H3,(H,17,18). The van der Waals surface area contributed by atoms with Gasteiger partial charge in [0.05, 0.1) is 18.9 Å². The predicted octanol–water partition coefficient (Wildman–Crippen LogP) is 2.65. The fourth-order valence-electron chi connectivity index (χ4n) is 2.05. The number of nitrogen functional groups attached to an aromatic ring is 1. The van der Waals surface area contributed by atoms with Gasteiger partial charge in [-0.1, -0.05) is 0 Å². The number of carbonyl (C=O) groups is 1. The molecule has 1 amide bonds. The van der Waals surface area contributed by atoms with Crippen molar-refractivity contribution in [1.82, 2.24) is 5.32 Å². The Bertz CT molecular complexity index is 639. The zero-order valence-corrected chi connectivity index (χ0v) is 13.3. The molecule has 0 aliphatic rings. The second-order valence-corrected chi connectivity index (χ2v) is 5.74. The maximum Gasteiger partial charge on any atom is 0.263 e. The van der Waals surface area contributed by atoms with E-state index in [4.69, 9.17) is 15.2 Å². The molecule has 2 rings (SSSR count). The fraction of sp³-hybridized carbons (Fsp3) is 0.400. The molecule has 3 N–H and O–H groups in total. The molecule has 0 fully saturated rings. The molecule has 1 unspecified atom stereocenters. The molecule has 114 valence electrons. The van der Waals surface area contributed by atoms with Crippen molar-refractivity contribution < 1.29 is 14.3 Å². The van der Waals surface area contributed by atoms with Crippen LogP contribution < -0.4 is 15.8 Å². The summed E-state index contributed by atoms with van der Waals surface area (Å²) in [6.45, 7) is 4.93. The van der Waals surface area contributed by atoms with Crippen LogP contribution in [0.2, 0.25) is 0 Å². The second kappa shape index (κ2) is 6.78. The minimum absolute atomic E-state index is 0.0188. The minimum atomic E-state index is -0.167. The fourth-order valence-corrected chi connectivity index (χ4v) is 3.12. The van der Waals surface area contributed by atoms with Gasteiger partial charge in [-0.05, 0) is 32.0 Å². The third kappa shape index (κ3) is 3.46. The van der Waals surface area contributed by atoms with Gasteiger partial charge in [-0.15, -0.1) is 11.3 Å². The number of ether oxygens (including phenoxy) is 2. The Balaban J connectivity index is 2.17. The molecule has 21 heavy (non-hydrogen) atoms. The van der Waals surface area contributed by atoms with Crippen LogP contribution in [0, 0.1) is 0 Å². The highest BCUT2D eigenvalue weighted by Crippen LogP contribution is 2.35. The monoisotopic (exact) mass is 308 g/mol. The lowest BCUT2D eigenvalue weighted by atomic mass is 10.2. The third-order valence-corrected chi connectivity index (χ3v) is 4.31. The van der Waals surface area contributed by atoms with Crippen molar-refractivity contribution in [3.8, 4) is 5.75 Å². The van der Waals surface area contributed by atoms with Crippen LogP contribution in [-0.4, -0.2) is 32.3 Å². The van der Waals surface area contributed by atoms with E-state index in [2.05, 4.69) is 5.32 Å². The number of amides is 1. The van der Waals surface area contributed by atoms with Crippen LogP contribution in [0.4, 0.5) is 5.69 Å². The lowest BCUT2D eigenvalue weighted by molar-refractivity contribution is 0.0697. The Hall–Kier alpha value is -1.79. The minimum Gasteiger partial charge on any atom is -0.497 e. The van der Waals surface area contributed by atoms with E-state index in [1.807, 2.05) is 32.0 Å². The van der Waals surface area contributed by atoms with Crippen molar-refractivity contribution in [2.45, 2.75) is 20.0 Å². The molecule has 2 aromatic rings. The number of thiophene rings is 1. The number of benzene rings is 1. The number of methoxy groups -OCH3 is 1. The van der Waals surface area contributed by atoms with Crippen LogP contribution in [0.3, 0.4) is 0 Å². The second-order valence-electron chi connectivity index (χ2n) is 4.68. The summed E-state index contributed by atoms with van der Waals surface area (Å²) >= 11 is 1.37. The molecule has 0 aliphatic carbocycles. The van der Waals surface area contributed by atoms with Crippen molar-refractivity contribution in [1.29, 1.82) is 0 Å². The maximum absolute atomic E-state index is 12.2. The van der Waals surface area contributed by atoms with E-state index in [1.165, 1.54) is 11.3 Å². The van der Waals surface area contributed by atoms with E-state index >= 15 is 0 Å².